The van der Waals surface area contributed by atoms with Crippen LogP contribution in [0.15, 0.2) is 23.8 Å². The zero-order chi connectivity index (χ0) is 12.3. The first-order valence-corrected chi connectivity index (χ1v) is 6.25. The lowest BCUT2D eigenvalue weighted by Crippen LogP contribution is -2.39. The molecule has 92 valence electrons. The molecule has 0 heterocycles. The lowest BCUT2D eigenvalue weighted by atomic mass is 9.69. The Morgan fingerprint density at radius 1 is 1.50 bits per heavy atom. The summed E-state index contributed by atoms with van der Waals surface area (Å²) in [5.74, 6) is 0.741. The molecule has 0 aromatic heterocycles. The molecule has 0 radical (unpaired) electrons. The Hall–Kier alpha value is -0.560. The van der Waals surface area contributed by atoms with Crippen LogP contribution < -0.4 is 0 Å². The SMILES string of the molecule is C=C1CC(C)CC(C)(C)[C@@H]1OCC=C(C)C. The van der Waals surface area contributed by atoms with Gasteiger partial charge in [-0.3, -0.25) is 0 Å². The van der Waals surface area contributed by atoms with Crippen molar-refractivity contribution in [3.8, 4) is 0 Å². The highest BCUT2D eigenvalue weighted by molar-refractivity contribution is 5.13. The number of hydrogen-bond donors (Lipinski definition) is 0. The Morgan fingerprint density at radius 2 is 2.12 bits per heavy atom. The van der Waals surface area contributed by atoms with Gasteiger partial charge in [-0.05, 0) is 43.6 Å². The first-order valence-electron chi connectivity index (χ1n) is 6.25. The molecule has 1 unspecified atom stereocenters. The fourth-order valence-electron chi connectivity index (χ4n) is 2.84. The highest BCUT2D eigenvalue weighted by atomic mass is 16.5. The van der Waals surface area contributed by atoms with Gasteiger partial charge in [0.2, 0.25) is 0 Å². The summed E-state index contributed by atoms with van der Waals surface area (Å²) in [5.41, 5.74) is 2.81. The molecule has 1 heteroatoms. The van der Waals surface area contributed by atoms with E-state index in [1.807, 2.05) is 0 Å². The van der Waals surface area contributed by atoms with E-state index in [-0.39, 0.29) is 11.5 Å². The number of allylic oxidation sites excluding steroid dienone is 1. The number of ether oxygens (including phenoxy) is 1. The molecule has 1 fully saturated rings. The van der Waals surface area contributed by atoms with Gasteiger partial charge in [0, 0.05) is 0 Å². The van der Waals surface area contributed by atoms with E-state index in [0.717, 1.165) is 12.3 Å². The topological polar surface area (TPSA) is 9.23 Å². The highest BCUT2D eigenvalue weighted by Gasteiger charge is 2.38. The van der Waals surface area contributed by atoms with E-state index in [9.17, 15) is 0 Å². The third kappa shape index (κ3) is 3.48. The Bertz CT molecular complexity index is 282. The third-order valence-electron chi connectivity index (χ3n) is 3.32. The van der Waals surface area contributed by atoms with Crippen molar-refractivity contribution in [2.45, 2.75) is 53.6 Å². The van der Waals surface area contributed by atoms with Crippen molar-refractivity contribution in [2.75, 3.05) is 6.61 Å². The largest absolute Gasteiger partial charge is 0.369 e. The molecule has 0 amide bonds. The quantitative estimate of drug-likeness (QED) is 0.645. The minimum absolute atomic E-state index is 0.222. The lowest BCUT2D eigenvalue weighted by molar-refractivity contribution is -0.0159. The smallest absolute Gasteiger partial charge is 0.0837 e. The second-order valence-corrected chi connectivity index (χ2v) is 6.16. The second kappa shape index (κ2) is 5.18. The van der Waals surface area contributed by atoms with Gasteiger partial charge in [-0.15, -0.1) is 0 Å². The average molecular weight is 222 g/mol. The number of hydrogen-bond acceptors (Lipinski definition) is 1. The van der Waals surface area contributed by atoms with Gasteiger partial charge in [-0.1, -0.05) is 39.0 Å². The van der Waals surface area contributed by atoms with E-state index in [0.29, 0.717) is 6.61 Å². The average Bonchev–Trinajstić information content (AvgIpc) is 2.07. The van der Waals surface area contributed by atoms with Crippen molar-refractivity contribution in [2.24, 2.45) is 11.3 Å². The van der Waals surface area contributed by atoms with Crippen LogP contribution in [0.25, 0.3) is 0 Å². The fourth-order valence-corrected chi connectivity index (χ4v) is 2.84. The van der Waals surface area contributed by atoms with Crippen LogP contribution in [0.3, 0.4) is 0 Å². The summed E-state index contributed by atoms with van der Waals surface area (Å²) < 4.78 is 5.99. The van der Waals surface area contributed by atoms with Gasteiger partial charge in [0.05, 0.1) is 12.7 Å². The lowest BCUT2D eigenvalue weighted by Gasteiger charge is -2.42. The van der Waals surface area contributed by atoms with Gasteiger partial charge in [0.15, 0.2) is 0 Å². The molecule has 1 rings (SSSR count). The molecule has 0 bridgehead atoms. The molecular weight excluding hydrogens is 196 g/mol. The van der Waals surface area contributed by atoms with Crippen molar-refractivity contribution in [1.29, 1.82) is 0 Å². The molecule has 1 nitrogen and oxygen atoms in total. The zero-order valence-corrected chi connectivity index (χ0v) is 11.5. The van der Waals surface area contributed by atoms with Crippen molar-refractivity contribution in [3.05, 3.63) is 23.8 Å². The summed E-state index contributed by atoms with van der Waals surface area (Å²) >= 11 is 0. The van der Waals surface area contributed by atoms with E-state index in [4.69, 9.17) is 4.74 Å². The van der Waals surface area contributed by atoms with Crippen LogP contribution in [0.5, 0.6) is 0 Å². The van der Waals surface area contributed by atoms with Gasteiger partial charge < -0.3 is 4.74 Å². The monoisotopic (exact) mass is 222 g/mol. The second-order valence-electron chi connectivity index (χ2n) is 6.16. The summed E-state index contributed by atoms with van der Waals surface area (Å²) in [6, 6.07) is 0. The van der Waals surface area contributed by atoms with Gasteiger partial charge in [0.1, 0.15) is 0 Å². The van der Waals surface area contributed by atoms with Crippen LogP contribution in [0.2, 0.25) is 0 Å². The zero-order valence-electron chi connectivity index (χ0n) is 11.5. The normalized spacial score (nSPS) is 28.9. The Balaban J connectivity index is 2.62. The maximum Gasteiger partial charge on any atom is 0.0837 e. The van der Waals surface area contributed by atoms with Crippen molar-refractivity contribution in [3.63, 3.8) is 0 Å². The first kappa shape index (κ1) is 13.5. The third-order valence-corrected chi connectivity index (χ3v) is 3.32. The minimum Gasteiger partial charge on any atom is -0.369 e. The first-order chi connectivity index (χ1) is 7.33. The van der Waals surface area contributed by atoms with Gasteiger partial charge in [-0.2, -0.15) is 0 Å². The van der Waals surface area contributed by atoms with Crippen LogP contribution in [0.4, 0.5) is 0 Å². The van der Waals surface area contributed by atoms with Gasteiger partial charge in [-0.25, -0.2) is 0 Å². The molecule has 2 atom stereocenters. The highest BCUT2D eigenvalue weighted by Crippen LogP contribution is 2.42. The van der Waals surface area contributed by atoms with E-state index in [2.05, 4.69) is 47.3 Å². The molecule has 1 aliphatic carbocycles. The van der Waals surface area contributed by atoms with E-state index in [1.54, 1.807) is 0 Å². The Morgan fingerprint density at radius 3 is 2.62 bits per heavy atom. The molecule has 0 aromatic carbocycles. The van der Waals surface area contributed by atoms with Gasteiger partial charge in [0.25, 0.3) is 0 Å². The summed E-state index contributed by atoms with van der Waals surface area (Å²) in [7, 11) is 0. The molecule has 0 aliphatic heterocycles. The molecular formula is C15H26O. The Kier molecular flexibility index (Phi) is 4.37. The summed E-state index contributed by atoms with van der Waals surface area (Å²) in [4.78, 5) is 0. The summed E-state index contributed by atoms with van der Waals surface area (Å²) in [5, 5.41) is 0. The molecule has 1 aliphatic rings. The predicted molar refractivity (Wildman–Crippen MR) is 70.5 cm³/mol. The van der Waals surface area contributed by atoms with Crippen LogP contribution in [0, 0.1) is 11.3 Å². The standard InChI is InChI=1S/C15H26O/c1-11(2)7-8-16-14-13(4)9-12(3)10-15(14,5)6/h7,12,14H,4,8-10H2,1-3,5-6H3/t12?,14-/m1/s1. The van der Waals surface area contributed by atoms with Crippen LogP contribution >= 0.6 is 0 Å². The molecule has 0 aromatic rings. The van der Waals surface area contributed by atoms with Crippen molar-refractivity contribution >= 4 is 0 Å². The fraction of sp³-hybridized carbons (Fsp3) is 0.733. The molecule has 0 N–H and O–H groups in total. The minimum atomic E-state index is 0.222. The van der Waals surface area contributed by atoms with Crippen molar-refractivity contribution < 1.29 is 4.74 Å². The number of rotatable bonds is 3. The summed E-state index contributed by atoms with van der Waals surface area (Å²) in [6.45, 7) is 16.0. The van der Waals surface area contributed by atoms with Crippen LogP contribution in [0.1, 0.15) is 47.5 Å². The van der Waals surface area contributed by atoms with Gasteiger partial charge >= 0.3 is 0 Å². The maximum atomic E-state index is 5.99. The van der Waals surface area contributed by atoms with E-state index < -0.39 is 0 Å². The molecule has 16 heavy (non-hydrogen) atoms. The predicted octanol–water partition coefficient (Wildman–Crippen LogP) is 4.35. The molecule has 0 saturated heterocycles. The van der Waals surface area contributed by atoms with Crippen molar-refractivity contribution in [1.82, 2.24) is 0 Å². The molecule has 1 saturated carbocycles. The van der Waals surface area contributed by atoms with E-state index >= 15 is 0 Å². The summed E-state index contributed by atoms with van der Waals surface area (Å²) in [6.07, 6.45) is 4.70. The maximum absolute atomic E-state index is 5.99. The molecule has 0 spiro atoms. The van der Waals surface area contributed by atoms with Crippen LogP contribution in [-0.4, -0.2) is 12.7 Å². The van der Waals surface area contributed by atoms with Crippen LogP contribution in [-0.2, 0) is 4.74 Å². The van der Waals surface area contributed by atoms with E-state index in [1.165, 1.54) is 17.6 Å². The Labute approximate surface area is 101 Å².